The summed E-state index contributed by atoms with van der Waals surface area (Å²) >= 11 is 0. The van der Waals surface area contributed by atoms with Crippen molar-refractivity contribution in [2.24, 2.45) is 17.6 Å². The number of aliphatic carboxylic acids is 1. The molecule has 0 radical (unpaired) electrons. The lowest BCUT2D eigenvalue weighted by Crippen LogP contribution is -2.56. The minimum Gasteiger partial charge on any atom is -0.480 e. The number of carbonyl (C=O) groups excluding carboxylic acids is 3. The van der Waals surface area contributed by atoms with Crippen LogP contribution in [0, 0.1) is 11.8 Å². The van der Waals surface area contributed by atoms with Crippen LogP contribution in [0.5, 0.6) is 0 Å². The Labute approximate surface area is 148 Å². The standard InChI is InChI=1S/C16H30N4O5/c1-5-10(4)14(20-12(21)7-17)16(25)19-11(6-9(2)3)15(24)18-8-13(22)23/h9-11,14H,5-8,17H2,1-4H3,(H,18,24)(H,19,25)(H,20,21)(H,22,23). The summed E-state index contributed by atoms with van der Waals surface area (Å²) in [7, 11) is 0. The predicted molar refractivity (Wildman–Crippen MR) is 92.5 cm³/mol. The second-order valence-corrected chi connectivity index (χ2v) is 6.44. The van der Waals surface area contributed by atoms with E-state index in [-0.39, 0.29) is 18.4 Å². The van der Waals surface area contributed by atoms with Crippen LogP contribution in [-0.2, 0) is 19.2 Å². The first-order valence-electron chi connectivity index (χ1n) is 8.41. The fourth-order valence-corrected chi connectivity index (χ4v) is 2.18. The number of carbonyl (C=O) groups is 4. The Hall–Kier alpha value is -2.16. The van der Waals surface area contributed by atoms with Gasteiger partial charge in [0.2, 0.25) is 17.7 Å². The first-order valence-corrected chi connectivity index (χ1v) is 8.41. The number of nitrogens with one attached hydrogen (secondary N) is 3. The van der Waals surface area contributed by atoms with Crippen LogP contribution >= 0.6 is 0 Å². The average molecular weight is 358 g/mol. The molecule has 3 unspecified atom stereocenters. The Bertz CT molecular complexity index is 481. The largest absolute Gasteiger partial charge is 0.480 e. The van der Waals surface area contributed by atoms with E-state index in [1.807, 2.05) is 27.7 Å². The summed E-state index contributed by atoms with van der Waals surface area (Å²) in [6, 6.07) is -1.70. The summed E-state index contributed by atoms with van der Waals surface area (Å²) in [5.74, 6) is -2.75. The molecule has 0 fully saturated rings. The van der Waals surface area contributed by atoms with Crippen molar-refractivity contribution in [2.45, 2.75) is 52.6 Å². The number of hydrogen-bond donors (Lipinski definition) is 5. The Morgan fingerprint density at radius 1 is 1.04 bits per heavy atom. The molecule has 0 aliphatic carbocycles. The van der Waals surface area contributed by atoms with Crippen LogP contribution in [0.15, 0.2) is 0 Å². The normalized spacial score (nSPS) is 14.3. The first-order chi connectivity index (χ1) is 11.6. The van der Waals surface area contributed by atoms with Gasteiger partial charge in [0, 0.05) is 0 Å². The van der Waals surface area contributed by atoms with Crippen LogP contribution in [0.1, 0.15) is 40.5 Å². The van der Waals surface area contributed by atoms with E-state index in [4.69, 9.17) is 10.8 Å². The van der Waals surface area contributed by atoms with E-state index in [1.54, 1.807) is 0 Å². The van der Waals surface area contributed by atoms with Crippen LogP contribution in [0.2, 0.25) is 0 Å². The van der Waals surface area contributed by atoms with Gasteiger partial charge in [0.05, 0.1) is 6.54 Å². The van der Waals surface area contributed by atoms with Gasteiger partial charge in [-0.2, -0.15) is 0 Å². The Morgan fingerprint density at radius 3 is 2.08 bits per heavy atom. The molecule has 0 aliphatic rings. The van der Waals surface area contributed by atoms with E-state index >= 15 is 0 Å². The molecule has 0 aliphatic heterocycles. The monoisotopic (exact) mass is 358 g/mol. The van der Waals surface area contributed by atoms with E-state index < -0.39 is 42.3 Å². The highest BCUT2D eigenvalue weighted by atomic mass is 16.4. The minimum atomic E-state index is -1.17. The predicted octanol–water partition coefficient (Wildman–Crippen LogP) is -0.792. The topological polar surface area (TPSA) is 151 Å². The third kappa shape index (κ3) is 9.04. The van der Waals surface area contributed by atoms with Crippen LogP contribution in [0.3, 0.4) is 0 Å². The maximum absolute atomic E-state index is 12.6. The van der Waals surface area contributed by atoms with Gasteiger partial charge < -0.3 is 26.8 Å². The number of carboxylic acids is 1. The molecule has 3 amide bonds. The van der Waals surface area contributed by atoms with Gasteiger partial charge in [0.25, 0.3) is 0 Å². The van der Waals surface area contributed by atoms with Crippen LogP contribution in [0.4, 0.5) is 0 Å². The van der Waals surface area contributed by atoms with Gasteiger partial charge in [-0.1, -0.05) is 34.1 Å². The number of rotatable bonds is 11. The lowest BCUT2D eigenvalue weighted by Gasteiger charge is -2.27. The Balaban J connectivity index is 5.13. The van der Waals surface area contributed by atoms with Gasteiger partial charge in [0.15, 0.2) is 0 Å². The summed E-state index contributed by atoms with van der Waals surface area (Å²) in [5.41, 5.74) is 5.28. The SMILES string of the molecule is CCC(C)C(NC(=O)CN)C(=O)NC(CC(C)C)C(=O)NCC(=O)O. The molecule has 0 saturated heterocycles. The maximum Gasteiger partial charge on any atom is 0.322 e. The van der Waals surface area contributed by atoms with Crippen molar-refractivity contribution < 1.29 is 24.3 Å². The van der Waals surface area contributed by atoms with E-state index in [0.717, 1.165) is 0 Å². The molecule has 6 N–H and O–H groups in total. The third-order valence-electron chi connectivity index (χ3n) is 3.75. The molecule has 144 valence electrons. The van der Waals surface area contributed by atoms with Crippen molar-refractivity contribution in [3.8, 4) is 0 Å². The fraction of sp³-hybridized carbons (Fsp3) is 0.750. The van der Waals surface area contributed by atoms with Gasteiger partial charge in [-0.25, -0.2) is 0 Å². The molecular weight excluding hydrogens is 328 g/mol. The molecule has 0 bridgehead atoms. The number of carboxylic acid groups (broad SMARTS) is 1. The summed E-state index contributed by atoms with van der Waals surface area (Å²) < 4.78 is 0. The summed E-state index contributed by atoms with van der Waals surface area (Å²) in [4.78, 5) is 46.9. The molecule has 0 aromatic heterocycles. The number of amides is 3. The van der Waals surface area contributed by atoms with Gasteiger partial charge >= 0.3 is 5.97 Å². The van der Waals surface area contributed by atoms with Gasteiger partial charge in [-0.15, -0.1) is 0 Å². The second-order valence-electron chi connectivity index (χ2n) is 6.44. The van der Waals surface area contributed by atoms with Crippen molar-refractivity contribution in [1.82, 2.24) is 16.0 Å². The highest BCUT2D eigenvalue weighted by molar-refractivity contribution is 5.93. The van der Waals surface area contributed by atoms with Gasteiger partial charge in [-0.3, -0.25) is 19.2 Å². The molecule has 0 heterocycles. The molecule has 0 saturated carbocycles. The van der Waals surface area contributed by atoms with Gasteiger partial charge in [0.1, 0.15) is 18.6 Å². The van der Waals surface area contributed by atoms with Crippen molar-refractivity contribution in [2.75, 3.05) is 13.1 Å². The Morgan fingerprint density at radius 2 is 1.64 bits per heavy atom. The maximum atomic E-state index is 12.6. The zero-order chi connectivity index (χ0) is 19.6. The number of hydrogen-bond acceptors (Lipinski definition) is 5. The minimum absolute atomic E-state index is 0.0987. The lowest BCUT2D eigenvalue weighted by molar-refractivity contribution is -0.138. The van der Waals surface area contributed by atoms with Crippen molar-refractivity contribution >= 4 is 23.7 Å². The number of nitrogens with two attached hydrogens (primary N) is 1. The average Bonchev–Trinajstić information content (AvgIpc) is 2.55. The van der Waals surface area contributed by atoms with E-state index in [2.05, 4.69) is 16.0 Å². The second kappa shape index (κ2) is 11.4. The molecular formula is C16H30N4O5. The quantitative estimate of drug-likeness (QED) is 0.326. The first kappa shape index (κ1) is 22.8. The highest BCUT2D eigenvalue weighted by Crippen LogP contribution is 2.10. The van der Waals surface area contributed by atoms with E-state index in [9.17, 15) is 19.2 Å². The summed E-state index contributed by atoms with van der Waals surface area (Å²) in [6.45, 7) is 6.68. The van der Waals surface area contributed by atoms with E-state index in [1.165, 1.54) is 0 Å². The zero-order valence-corrected chi connectivity index (χ0v) is 15.3. The molecule has 0 aromatic carbocycles. The molecule has 0 spiro atoms. The summed E-state index contributed by atoms with van der Waals surface area (Å²) in [5, 5.41) is 16.1. The molecule has 9 nitrogen and oxygen atoms in total. The van der Waals surface area contributed by atoms with Crippen molar-refractivity contribution in [1.29, 1.82) is 0 Å². The fourth-order valence-electron chi connectivity index (χ4n) is 2.18. The van der Waals surface area contributed by atoms with Crippen LogP contribution in [-0.4, -0.2) is 54.0 Å². The molecule has 9 heteroatoms. The van der Waals surface area contributed by atoms with Crippen LogP contribution in [0.25, 0.3) is 0 Å². The molecule has 25 heavy (non-hydrogen) atoms. The summed E-state index contributed by atoms with van der Waals surface area (Å²) in [6.07, 6.45) is 0.984. The smallest absolute Gasteiger partial charge is 0.322 e. The lowest BCUT2D eigenvalue weighted by atomic mass is 9.96. The van der Waals surface area contributed by atoms with Crippen LogP contribution < -0.4 is 21.7 Å². The van der Waals surface area contributed by atoms with Crippen molar-refractivity contribution in [3.05, 3.63) is 0 Å². The zero-order valence-electron chi connectivity index (χ0n) is 15.3. The Kier molecular flexibility index (Phi) is 10.4. The third-order valence-corrected chi connectivity index (χ3v) is 3.75. The molecule has 0 aromatic rings. The highest BCUT2D eigenvalue weighted by Gasteiger charge is 2.30. The van der Waals surface area contributed by atoms with E-state index in [0.29, 0.717) is 12.8 Å². The van der Waals surface area contributed by atoms with Gasteiger partial charge in [-0.05, 0) is 18.3 Å². The molecule has 0 rings (SSSR count). The van der Waals surface area contributed by atoms with Crippen molar-refractivity contribution in [3.63, 3.8) is 0 Å². The molecule has 3 atom stereocenters.